The summed E-state index contributed by atoms with van der Waals surface area (Å²) in [7, 11) is 0. The van der Waals surface area contributed by atoms with Crippen molar-refractivity contribution in [2.75, 3.05) is 13.2 Å². The lowest BCUT2D eigenvalue weighted by Crippen LogP contribution is -2.29. The monoisotopic (exact) mass is 237 g/mol. The van der Waals surface area contributed by atoms with Gasteiger partial charge in [-0.05, 0) is 24.5 Å². The Bertz CT molecular complexity index is 355. The van der Waals surface area contributed by atoms with Crippen LogP contribution in [0, 0.1) is 0 Å². The number of ether oxygens (including phenoxy) is 1. The van der Waals surface area contributed by atoms with Gasteiger partial charge in [0, 0.05) is 32.1 Å². The third-order valence-corrected chi connectivity index (χ3v) is 3.31. The van der Waals surface area contributed by atoms with Crippen LogP contribution in [0.1, 0.15) is 30.9 Å². The van der Waals surface area contributed by atoms with Crippen molar-refractivity contribution in [1.29, 1.82) is 0 Å². The molecule has 2 N–H and O–H groups in total. The molecule has 1 fully saturated rings. The molecule has 2 nitrogen and oxygen atoms in total. The van der Waals surface area contributed by atoms with Gasteiger partial charge in [0.1, 0.15) is 5.67 Å². The maximum atomic E-state index is 14.6. The fraction of sp³-hybridized carbons (Fsp3) is 0.571. The van der Waals surface area contributed by atoms with Crippen LogP contribution in [0.25, 0.3) is 0 Å². The molecular weight excluding hydrogens is 217 g/mol. The van der Waals surface area contributed by atoms with Gasteiger partial charge in [0.2, 0.25) is 0 Å². The average molecular weight is 237 g/mol. The Hall–Kier alpha value is -0.930. The van der Waals surface area contributed by atoms with Crippen LogP contribution in [0.4, 0.5) is 4.39 Å². The van der Waals surface area contributed by atoms with E-state index in [0.29, 0.717) is 26.1 Å². The van der Waals surface area contributed by atoms with Crippen molar-refractivity contribution in [2.24, 2.45) is 5.73 Å². The van der Waals surface area contributed by atoms with Crippen molar-refractivity contribution in [1.82, 2.24) is 0 Å². The van der Waals surface area contributed by atoms with E-state index in [4.69, 9.17) is 10.5 Å². The van der Waals surface area contributed by atoms with E-state index in [1.165, 1.54) is 5.56 Å². The van der Waals surface area contributed by atoms with E-state index in [1.54, 1.807) is 0 Å². The summed E-state index contributed by atoms with van der Waals surface area (Å²) in [5, 5.41) is 0. The van der Waals surface area contributed by atoms with Crippen LogP contribution in [0.3, 0.4) is 0 Å². The summed E-state index contributed by atoms with van der Waals surface area (Å²) >= 11 is 0. The smallest absolute Gasteiger partial charge is 0.140 e. The van der Waals surface area contributed by atoms with Crippen molar-refractivity contribution in [2.45, 2.75) is 37.9 Å². The Morgan fingerprint density at radius 1 is 1.29 bits per heavy atom. The van der Waals surface area contributed by atoms with E-state index in [1.807, 2.05) is 31.2 Å². The summed E-state index contributed by atoms with van der Waals surface area (Å²) in [5.41, 5.74) is 6.48. The molecule has 0 aliphatic carbocycles. The summed E-state index contributed by atoms with van der Waals surface area (Å²) in [6.45, 7) is 3.00. The summed E-state index contributed by atoms with van der Waals surface area (Å²) < 4.78 is 19.8. The zero-order valence-electron chi connectivity index (χ0n) is 10.3. The molecule has 1 aromatic carbocycles. The molecule has 1 aromatic rings. The van der Waals surface area contributed by atoms with Crippen molar-refractivity contribution in [3.63, 3.8) is 0 Å². The molecule has 0 bridgehead atoms. The highest BCUT2D eigenvalue weighted by Crippen LogP contribution is 2.36. The number of benzene rings is 1. The second kappa shape index (κ2) is 5.15. The van der Waals surface area contributed by atoms with Crippen molar-refractivity contribution in [3.05, 3.63) is 35.4 Å². The Balaban J connectivity index is 2.11. The summed E-state index contributed by atoms with van der Waals surface area (Å²) in [5.74, 6) is 0. The predicted molar refractivity (Wildman–Crippen MR) is 66.6 cm³/mol. The molecule has 1 saturated heterocycles. The number of nitrogens with two attached hydrogens (primary N) is 1. The van der Waals surface area contributed by atoms with Gasteiger partial charge < -0.3 is 10.5 Å². The minimum Gasteiger partial charge on any atom is -0.381 e. The van der Waals surface area contributed by atoms with Gasteiger partial charge >= 0.3 is 0 Å². The van der Waals surface area contributed by atoms with Crippen LogP contribution in [0.15, 0.2) is 24.3 Å². The molecule has 0 amide bonds. The molecule has 0 saturated carbocycles. The van der Waals surface area contributed by atoms with E-state index in [9.17, 15) is 4.39 Å². The standard InChI is InChI=1S/C14H20FNO/c1-11(16)10-12-2-4-13(5-3-12)14(15)6-8-17-9-7-14/h2-5,11H,6-10,16H2,1H3. The summed E-state index contributed by atoms with van der Waals surface area (Å²) in [6.07, 6.45) is 1.75. The number of alkyl halides is 1. The molecule has 3 heteroatoms. The van der Waals surface area contributed by atoms with E-state index in [0.717, 1.165) is 12.0 Å². The largest absolute Gasteiger partial charge is 0.381 e. The van der Waals surface area contributed by atoms with Crippen molar-refractivity contribution < 1.29 is 9.13 Å². The molecular formula is C14H20FNO. The Labute approximate surface area is 102 Å². The van der Waals surface area contributed by atoms with Crippen LogP contribution >= 0.6 is 0 Å². The second-order valence-corrected chi connectivity index (χ2v) is 4.96. The fourth-order valence-electron chi connectivity index (χ4n) is 2.29. The van der Waals surface area contributed by atoms with E-state index in [-0.39, 0.29) is 6.04 Å². The first-order valence-corrected chi connectivity index (χ1v) is 6.22. The van der Waals surface area contributed by atoms with Gasteiger partial charge in [-0.25, -0.2) is 4.39 Å². The first-order valence-electron chi connectivity index (χ1n) is 6.22. The van der Waals surface area contributed by atoms with Crippen LogP contribution in [0.5, 0.6) is 0 Å². The van der Waals surface area contributed by atoms with E-state index >= 15 is 0 Å². The third-order valence-electron chi connectivity index (χ3n) is 3.31. The zero-order chi connectivity index (χ0) is 12.3. The van der Waals surface area contributed by atoms with Crippen LogP contribution in [-0.2, 0) is 16.8 Å². The molecule has 1 atom stereocenters. The van der Waals surface area contributed by atoms with E-state index < -0.39 is 5.67 Å². The lowest BCUT2D eigenvalue weighted by atomic mass is 9.87. The molecule has 0 radical (unpaired) electrons. The average Bonchev–Trinajstić information content (AvgIpc) is 2.30. The number of hydrogen-bond acceptors (Lipinski definition) is 2. The highest BCUT2D eigenvalue weighted by atomic mass is 19.1. The van der Waals surface area contributed by atoms with Crippen LogP contribution < -0.4 is 5.73 Å². The van der Waals surface area contributed by atoms with Gasteiger partial charge in [-0.15, -0.1) is 0 Å². The molecule has 1 heterocycles. The lowest BCUT2D eigenvalue weighted by Gasteiger charge is -2.30. The molecule has 2 rings (SSSR count). The van der Waals surface area contributed by atoms with Gasteiger partial charge in [0.15, 0.2) is 0 Å². The van der Waals surface area contributed by atoms with Gasteiger partial charge in [-0.2, -0.15) is 0 Å². The fourth-order valence-corrected chi connectivity index (χ4v) is 2.29. The third kappa shape index (κ3) is 3.05. The molecule has 17 heavy (non-hydrogen) atoms. The Kier molecular flexibility index (Phi) is 3.79. The lowest BCUT2D eigenvalue weighted by molar-refractivity contribution is -0.0114. The Morgan fingerprint density at radius 3 is 2.41 bits per heavy atom. The molecule has 1 aliphatic heterocycles. The summed E-state index contributed by atoms with van der Waals surface area (Å²) in [4.78, 5) is 0. The van der Waals surface area contributed by atoms with Crippen LogP contribution in [0.2, 0.25) is 0 Å². The molecule has 0 spiro atoms. The molecule has 1 aliphatic rings. The number of rotatable bonds is 3. The zero-order valence-corrected chi connectivity index (χ0v) is 10.3. The van der Waals surface area contributed by atoms with Crippen LogP contribution in [-0.4, -0.2) is 19.3 Å². The predicted octanol–water partition coefficient (Wildman–Crippen LogP) is 2.55. The highest BCUT2D eigenvalue weighted by molar-refractivity contribution is 5.28. The normalized spacial score (nSPS) is 21.1. The first-order chi connectivity index (χ1) is 8.10. The van der Waals surface area contributed by atoms with Crippen molar-refractivity contribution in [3.8, 4) is 0 Å². The minimum absolute atomic E-state index is 0.142. The summed E-state index contributed by atoms with van der Waals surface area (Å²) in [6, 6.07) is 7.89. The first kappa shape index (κ1) is 12.5. The minimum atomic E-state index is -1.20. The van der Waals surface area contributed by atoms with Gasteiger partial charge in [0.25, 0.3) is 0 Å². The second-order valence-electron chi connectivity index (χ2n) is 4.96. The molecule has 94 valence electrons. The topological polar surface area (TPSA) is 35.2 Å². The highest BCUT2D eigenvalue weighted by Gasteiger charge is 2.33. The maximum Gasteiger partial charge on any atom is 0.140 e. The SMILES string of the molecule is CC(N)Cc1ccc(C2(F)CCOCC2)cc1. The molecule has 1 unspecified atom stereocenters. The number of hydrogen-bond donors (Lipinski definition) is 1. The van der Waals surface area contributed by atoms with Crippen molar-refractivity contribution >= 4 is 0 Å². The van der Waals surface area contributed by atoms with E-state index in [2.05, 4.69) is 0 Å². The number of halogens is 1. The Morgan fingerprint density at radius 2 is 1.88 bits per heavy atom. The maximum absolute atomic E-state index is 14.6. The molecule has 0 aromatic heterocycles. The van der Waals surface area contributed by atoms with Gasteiger partial charge in [0.05, 0.1) is 0 Å². The van der Waals surface area contributed by atoms with Gasteiger partial charge in [-0.3, -0.25) is 0 Å². The quantitative estimate of drug-likeness (QED) is 0.877. The van der Waals surface area contributed by atoms with Gasteiger partial charge in [-0.1, -0.05) is 24.3 Å².